The lowest BCUT2D eigenvalue weighted by atomic mass is 10.1. The minimum absolute atomic E-state index is 0.0373. The number of amides is 2. The number of aliphatic carboxylic acids is 1. The molecule has 1 N–H and O–H groups in total. The van der Waals surface area contributed by atoms with E-state index in [0.717, 1.165) is 6.07 Å². The number of rotatable bonds is 4. The number of carboxylic acids is 1. The molecular weight excluding hydrogens is 372 g/mol. The fourth-order valence-corrected chi connectivity index (χ4v) is 2.99. The summed E-state index contributed by atoms with van der Waals surface area (Å²) >= 11 is 11.6. The summed E-state index contributed by atoms with van der Waals surface area (Å²) in [6.45, 7) is 0. The van der Waals surface area contributed by atoms with E-state index in [1.807, 2.05) is 0 Å². The van der Waals surface area contributed by atoms with Crippen LogP contribution in [0, 0.1) is 5.82 Å². The number of carbonyl (C=O) groups is 3. The van der Waals surface area contributed by atoms with Gasteiger partial charge < -0.3 is 5.11 Å². The van der Waals surface area contributed by atoms with Crippen molar-refractivity contribution in [3.8, 4) is 0 Å². The van der Waals surface area contributed by atoms with E-state index in [2.05, 4.69) is 0 Å². The monoisotopic (exact) mass is 381 g/mol. The molecule has 1 atom stereocenters. The van der Waals surface area contributed by atoms with E-state index >= 15 is 0 Å². The molecule has 0 bridgehead atoms. The smallest absolute Gasteiger partial charge is 0.321 e. The van der Waals surface area contributed by atoms with E-state index < -0.39 is 29.0 Å². The maximum Gasteiger partial charge on any atom is 0.321 e. The number of nitrogens with zero attached hydrogens (tertiary/aromatic N) is 1. The first kappa shape index (κ1) is 17.4. The average molecular weight is 382 g/mol. The highest BCUT2D eigenvalue weighted by atomic mass is 35.5. The normalized spacial score (nSPS) is 14.6. The van der Waals surface area contributed by atoms with Crippen molar-refractivity contribution in [1.82, 2.24) is 0 Å². The van der Waals surface area contributed by atoms with Gasteiger partial charge in [-0.05, 0) is 29.8 Å². The summed E-state index contributed by atoms with van der Waals surface area (Å²) < 4.78 is 14.4. The second kappa shape index (κ2) is 6.46. The Morgan fingerprint density at radius 1 is 1.16 bits per heavy atom. The Labute approximate surface area is 151 Å². The van der Waals surface area contributed by atoms with Gasteiger partial charge in [-0.25, -0.2) is 9.29 Å². The van der Waals surface area contributed by atoms with Crippen molar-refractivity contribution in [1.29, 1.82) is 0 Å². The van der Waals surface area contributed by atoms with Crippen molar-refractivity contribution in [3.05, 3.63) is 63.9 Å². The fraction of sp³-hybridized carbons (Fsp3) is 0.118. The zero-order valence-electron chi connectivity index (χ0n) is 12.5. The van der Waals surface area contributed by atoms with Crippen LogP contribution < -0.4 is 4.90 Å². The molecule has 0 saturated heterocycles. The van der Waals surface area contributed by atoms with Crippen LogP contribution in [0.15, 0.2) is 36.4 Å². The van der Waals surface area contributed by atoms with Gasteiger partial charge in [0, 0.05) is 11.4 Å². The van der Waals surface area contributed by atoms with Crippen LogP contribution in [0.3, 0.4) is 0 Å². The molecule has 0 aliphatic carbocycles. The number of anilines is 1. The van der Waals surface area contributed by atoms with Gasteiger partial charge >= 0.3 is 5.97 Å². The fourth-order valence-electron chi connectivity index (χ4n) is 2.60. The average Bonchev–Trinajstić information content (AvgIpc) is 2.82. The van der Waals surface area contributed by atoms with Crippen molar-refractivity contribution < 1.29 is 23.9 Å². The van der Waals surface area contributed by atoms with Crippen molar-refractivity contribution in [2.75, 3.05) is 4.90 Å². The molecular formula is C17H10Cl2FNO4. The number of carboxylic acid groups (broad SMARTS) is 1. The number of benzene rings is 2. The van der Waals surface area contributed by atoms with Crippen molar-refractivity contribution in [3.63, 3.8) is 0 Å². The molecule has 0 spiro atoms. The predicted molar refractivity (Wildman–Crippen MR) is 90.0 cm³/mol. The van der Waals surface area contributed by atoms with Crippen LogP contribution in [0.5, 0.6) is 0 Å². The van der Waals surface area contributed by atoms with Crippen LogP contribution in [-0.4, -0.2) is 28.3 Å². The SMILES string of the molecule is O=C(O)C(Cl)Cc1cc(N2C(=O)c3ccccc3C2=O)c(F)cc1Cl. The first-order valence-electron chi connectivity index (χ1n) is 7.14. The summed E-state index contributed by atoms with van der Waals surface area (Å²) in [5.41, 5.74) is 0.269. The first-order valence-corrected chi connectivity index (χ1v) is 7.95. The van der Waals surface area contributed by atoms with Gasteiger partial charge in [-0.3, -0.25) is 14.4 Å². The molecule has 0 fully saturated rings. The highest BCUT2D eigenvalue weighted by Gasteiger charge is 2.38. The van der Waals surface area contributed by atoms with E-state index in [9.17, 15) is 18.8 Å². The van der Waals surface area contributed by atoms with Crippen LogP contribution in [0.2, 0.25) is 5.02 Å². The molecule has 2 aromatic rings. The molecule has 25 heavy (non-hydrogen) atoms. The quantitative estimate of drug-likeness (QED) is 0.649. The van der Waals surface area contributed by atoms with E-state index in [1.54, 1.807) is 12.1 Å². The van der Waals surface area contributed by atoms with E-state index in [4.69, 9.17) is 28.3 Å². The Morgan fingerprint density at radius 2 is 1.72 bits per heavy atom. The van der Waals surface area contributed by atoms with Crippen LogP contribution in [0.1, 0.15) is 26.3 Å². The number of fused-ring (bicyclic) bond motifs is 1. The molecule has 0 radical (unpaired) electrons. The number of carbonyl (C=O) groups excluding carboxylic acids is 2. The highest BCUT2D eigenvalue weighted by Crippen LogP contribution is 2.33. The van der Waals surface area contributed by atoms with Crippen molar-refractivity contribution in [2.24, 2.45) is 0 Å². The predicted octanol–water partition coefficient (Wildman–Crippen LogP) is 3.51. The summed E-state index contributed by atoms with van der Waals surface area (Å²) in [6, 6.07) is 8.26. The Kier molecular flexibility index (Phi) is 4.49. The second-order valence-electron chi connectivity index (χ2n) is 5.40. The maximum absolute atomic E-state index is 14.4. The molecule has 1 heterocycles. The Bertz CT molecular complexity index is 881. The van der Waals surface area contributed by atoms with E-state index in [0.29, 0.717) is 4.90 Å². The van der Waals surface area contributed by atoms with Crippen molar-refractivity contribution in [2.45, 2.75) is 11.8 Å². The molecule has 2 aromatic carbocycles. The molecule has 5 nitrogen and oxygen atoms in total. The van der Waals surface area contributed by atoms with E-state index in [1.165, 1.54) is 18.2 Å². The molecule has 1 unspecified atom stereocenters. The lowest BCUT2D eigenvalue weighted by Gasteiger charge is -2.17. The Balaban J connectivity index is 2.05. The van der Waals surface area contributed by atoms with Gasteiger partial charge in [-0.1, -0.05) is 23.7 Å². The molecule has 3 rings (SSSR count). The molecule has 0 saturated carbocycles. The van der Waals surface area contributed by atoms with Crippen LogP contribution >= 0.6 is 23.2 Å². The third kappa shape index (κ3) is 2.99. The summed E-state index contributed by atoms with van der Waals surface area (Å²) in [5, 5.41) is 7.59. The lowest BCUT2D eigenvalue weighted by molar-refractivity contribution is -0.136. The van der Waals surface area contributed by atoms with Crippen LogP contribution in [-0.2, 0) is 11.2 Å². The largest absolute Gasteiger partial charge is 0.480 e. The summed E-state index contributed by atoms with van der Waals surface area (Å²) in [4.78, 5) is 36.6. The summed E-state index contributed by atoms with van der Waals surface area (Å²) in [5.74, 6) is -3.45. The maximum atomic E-state index is 14.4. The topological polar surface area (TPSA) is 74.7 Å². The number of hydrogen-bond acceptors (Lipinski definition) is 3. The zero-order valence-corrected chi connectivity index (χ0v) is 14.0. The number of alkyl halides is 1. The molecule has 1 aliphatic heterocycles. The third-order valence-electron chi connectivity index (χ3n) is 3.82. The van der Waals surface area contributed by atoms with Gasteiger partial charge in [0.1, 0.15) is 11.2 Å². The van der Waals surface area contributed by atoms with E-state index in [-0.39, 0.29) is 33.8 Å². The highest BCUT2D eigenvalue weighted by molar-refractivity contribution is 6.35. The molecule has 128 valence electrons. The zero-order chi connectivity index (χ0) is 18.3. The standard InChI is InChI=1S/C17H10Cl2FNO4/c18-11-7-13(20)14(6-8(11)5-12(19)17(24)25)21-15(22)9-3-1-2-4-10(9)16(21)23/h1-4,6-7,12H,5H2,(H,24,25). The second-order valence-corrected chi connectivity index (χ2v) is 6.33. The molecule has 1 aliphatic rings. The lowest BCUT2D eigenvalue weighted by Crippen LogP contribution is -2.30. The number of imide groups is 1. The molecule has 0 aromatic heterocycles. The van der Waals surface area contributed by atoms with Gasteiger partial charge in [0.25, 0.3) is 11.8 Å². The Morgan fingerprint density at radius 3 is 2.24 bits per heavy atom. The minimum atomic E-state index is -1.28. The van der Waals surface area contributed by atoms with Gasteiger partial charge in [0.2, 0.25) is 0 Å². The summed E-state index contributed by atoms with van der Waals surface area (Å²) in [7, 11) is 0. The molecule has 2 amide bonds. The number of hydrogen-bond donors (Lipinski definition) is 1. The minimum Gasteiger partial charge on any atom is -0.480 e. The van der Waals surface area contributed by atoms with Gasteiger partial charge in [-0.2, -0.15) is 0 Å². The van der Waals surface area contributed by atoms with Crippen molar-refractivity contribution >= 4 is 46.7 Å². The first-order chi connectivity index (χ1) is 11.8. The van der Waals surface area contributed by atoms with Gasteiger partial charge in [-0.15, -0.1) is 11.6 Å². The van der Waals surface area contributed by atoms with Crippen LogP contribution in [0.4, 0.5) is 10.1 Å². The van der Waals surface area contributed by atoms with Gasteiger partial charge in [0.15, 0.2) is 0 Å². The summed E-state index contributed by atoms with van der Waals surface area (Å²) in [6.07, 6.45) is -0.188. The third-order valence-corrected chi connectivity index (χ3v) is 4.51. The number of halogens is 3. The molecule has 8 heteroatoms. The van der Waals surface area contributed by atoms with Gasteiger partial charge in [0.05, 0.1) is 16.8 Å². The Hall–Kier alpha value is -2.44. The van der Waals surface area contributed by atoms with Crippen LogP contribution in [0.25, 0.3) is 0 Å².